The second kappa shape index (κ2) is 8.69. The molecule has 1 aromatic carbocycles. The van der Waals surface area contributed by atoms with E-state index in [4.69, 9.17) is 16.7 Å². The summed E-state index contributed by atoms with van der Waals surface area (Å²) in [5.74, 6) is -2.10. The number of aromatic carboxylic acids is 1. The van der Waals surface area contributed by atoms with Crippen LogP contribution in [0.4, 0.5) is 29.5 Å². The van der Waals surface area contributed by atoms with Crippen molar-refractivity contribution >= 4 is 35.1 Å². The molecule has 31 heavy (non-hydrogen) atoms. The van der Waals surface area contributed by atoms with E-state index in [2.05, 4.69) is 10.3 Å². The zero-order valence-corrected chi connectivity index (χ0v) is 16.5. The number of benzene rings is 1. The van der Waals surface area contributed by atoms with Gasteiger partial charge in [-0.15, -0.1) is 0 Å². The van der Waals surface area contributed by atoms with E-state index in [9.17, 15) is 28.0 Å². The van der Waals surface area contributed by atoms with Crippen LogP contribution in [0, 0.1) is 11.3 Å². The molecule has 162 valence electrons. The van der Waals surface area contributed by atoms with Crippen molar-refractivity contribution in [1.29, 1.82) is 5.26 Å². The van der Waals surface area contributed by atoms with Gasteiger partial charge in [0.15, 0.2) is 5.69 Å². The molecule has 1 aliphatic heterocycles. The molecule has 1 aromatic heterocycles. The molecule has 0 unspecified atom stereocenters. The van der Waals surface area contributed by atoms with Gasteiger partial charge in [-0.1, -0.05) is 17.7 Å². The standard InChI is InChI=1S/C19H15ClF3N5O3/c20-12-2-1-3-13(9-12)25-18(31)28-6-4-27(5-7-28)16-11(10-24)8-14(17(29)30)15(26-16)19(21,22)23/h1-3,8-9H,4-7H2,(H,25,31)(H,29,30). The molecule has 1 fully saturated rings. The van der Waals surface area contributed by atoms with Gasteiger partial charge in [-0.3, -0.25) is 0 Å². The van der Waals surface area contributed by atoms with Crippen molar-refractivity contribution in [2.24, 2.45) is 0 Å². The summed E-state index contributed by atoms with van der Waals surface area (Å²) in [6, 6.07) is 8.51. The molecule has 0 spiro atoms. The summed E-state index contributed by atoms with van der Waals surface area (Å²) in [4.78, 5) is 30.0. The van der Waals surface area contributed by atoms with Gasteiger partial charge in [0.25, 0.3) is 0 Å². The van der Waals surface area contributed by atoms with E-state index in [1.54, 1.807) is 30.3 Å². The number of urea groups is 1. The zero-order chi connectivity index (χ0) is 22.8. The topological polar surface area (TPSA) is 110 Å². The highest BCUT2D eigenvalue weighted by Gasteiger charge is 2.39. The number of nitrogens with one attached hydrogen (secondary N) is 1. The third-order valence-corrected chi connectivity index (χ3v) is 4.80. The molecule has 0 saturated carbocycles. The number of anilines is 2. The minimum Gasteiger partial charge on any atom is -0.478 e. The highest BCUT2D eigenvalue weighted by molar-refractivity contribution is 6.30. The summed E-state index contributed by atoms with van der Waals surface area (Å²) in [5.41, 5.74) is -2.46. The SMILES string of the molecule is N#Cc1cc(C(=O)O)c(C(F)(F)F)nc1N1CCN(C(=O)Nc2cccc(Cl)c2)CC1. The fourth-order valence-electron chi connectivity index (χ4n) is 3.10. The van der Waals surface area contributed by atoms with Crippen LogP contribution in [-0.2, 0) is 6.18 Å². The maximum absolute atomic E-state index is 13.3. The number of carbonyl (C=O) groups is 2. The second-order valence-electron chi connectivity index (χ2n) is 6.59. The van der Waals surface area contributed by atoms with Gasteiger partial charge in [0.2, 0.25) is 0 Å². The van der Waals surface area contributed by atoms with E-state index in [0.29, 0.717) is 16.8 Å². The molecular weight excluding hydrogens is 439 g/mol. The van der Waals surface area contributed by atoms with Crippen molar-refractivity contribution in [2.75, 3.05) is 36.4 Å². The predicted molar refractivity (Wildman–Crippen MR) is 105 cm³/mol. The lowest BCUT2D eigenvalue weighted by Crippen LogP contribution is -2.50. The van der Waals surface area contributed by atoms with Crippen molar-refractivity contribution in [3.63, 3.8) is 0 Å². The van der Waals surface area contributed by atoms with E-state index in [0.717, 1.165) is 0 Å². The minimum absolute atomic E-state index is 0.106. The van der Waals surface area contributed by atoms with Crippen molar-refractivity contribution in [3.05, 3.63) is 52.2 Å². The van der Waals surface area contributed by atoms with Crippen LogP contribution in [0.1, 0.15) is 21.6 Å². The second-order valence-corrected chi connectivity index (χ2v) is 7.02. The number of carbonyl (C=O) groups excluding carboxylic acids is 1. The maximum atomic E-state index is 13.3. The lowest BCUT2D eigenvalue weighted by atomic mass is 10.1. The van der Waals surface area contributed by atoms with Crippen molar-refractivity contribution in [2.45, 2.75) is 6.18 Å². The Balaban J connectivity index is 1.78. The number of halogens is 4. The van der Waals surface area contributed by atoms with Gasteiger partial charge in [0, 0.05) is 36.9 Å². The molecule has 3 rings (SSSR count). The van der Waals surface area contributed by atoms with Crippen molar-refractivity contribution in [3.8, 4) is 6.07 Å². The molecule has 8 nitrogen and oxygen atoms in total. The Hall–Kier alpha value is -3.52. The fourth-order valence-corrected chi connectivity index (χ4v) is 3.29. The first-order chi connectivity index (χ1) is 14.6. The van der Waals surface area contributed by atoms with E-state index in [1.807, 2.05) is 0 Å². The van der Waals surface area contributed by atoms with Crippen LogP contribution < -0.4 is 10.2 Å². The average molecular weight is 454 g/mol. The van der Waals surface area contributed by atoms with Gasteiger partial charge in [0.05, 0.1) is 11.1 Å². The molecule has 2 aromatic rings. The van der Waals surface area contributed by atoms with Crippen LogP contribution in [-0.4, -0.2) is 53.2 Å². The fraction of sp³-hybridized carbons (Fsp3) is 0.263. The summed E-state index contributed by atoms with van der Waals surface area (Å²) in [6.45, 7) is 0.519. The van der Waals surface area contributed by atoms with Gasteiger partial charge in [-0.2, -0.15) is 18.4 Å². The number of hydrogen-bond donors (Lipinski definition) is 2. The molecule has 0 radical (unpaired) electrons. The molecule has 2 heterocycles. The summed E-state index contributed by atoms with van der Waals surface area (Å²) in [7, 11) is 0. The van der Waals surface area contributed by atoms with Crippen LogP contribution in [0.2, 0.25) is 5.02 Å². The van der Waals surface area contributed by atoms with Gasteiger partial charge < -0.3 is 20.2 Å². The first-order valence-corrected chi connectivity index (χ1v) is 9.30. The molecule has 0 bridgehead atoms. The van der Waals surface area contributed by atoms with E-state index in [-0.39, 0.29) is 37.6 Å². The number of amides is 2. The Bertz CT molecular complexity index is 1060. The number of nitriles is 1. The van der Waals surface area contributed by atoms with Gasteiger partial charge >= 0.3 is 18.2 Å². The van der Waals surface area contributed by atoms with E-state index < -0.39 is 29.4 Å². The molecule has 1 aliphatic rings. The molecule has 0 aliphatic carbocycles. The highest BCUT2D eigenvalue weighted by atomic mass is 35.5. The third-order valence-electron chi connectivity index (χ3n) is 4.56. The molecule has 0 atom stereocenters. The van der Waals surface area contributed by atoms with Crippen LogP contribution in [0.3, 0.4) is 0 Å². The number of carboxylic acids is 1. The highest BCUT2D eigenvalue weighted by Crippen LogP contribution is 2.34. The number of piperazine rings is 1. The first kappa shape index (κ1) is 22.2. The lowest BCUT2D eigenvalue weighted by molar-refractivity contribution is -0.141. The quantitative estimate of drug-likeness (QED) is 0.733. The lowest BCUT2D eigenvalue weighted by Gasteiger charge is -2.36. The van der Waals surface area contributed by atoms with Gasteiger partial charge in [-0.05, 0) is 24.3 Å². The van der Waals surface area contributed by atoms with Gasteiger partial charge in [-0.25, -0.2) is 14.6 Å². The number of carboxylic acid groups (broad SMARTS) is 1. The number of hydrogen-bond acceptors (Lipinski definition) is 5. The Morgan fingerprint density at radius 2 is 1.87 bits per heavy atom. The first-order valence-electron chi connectivity index (χ1n) is 8.92. The molecule has 1 saturated heterocycles. The largest absolute Gasteiger partial charge is 0.478 e. The Kier molecular flexibility index (Phi) is 6.21. The number of alkyl halides is 3. The molecular formula is C19H15ClF3N5O3. The summed E-state index contributed by atoms with van der Waals surface area (Å²) in [6.07, 6.45) is -5.00. The third kappa shape index (κ3) is 4.97. The molecule has 2 N–H and O–H groups in total. The van der Waals surface area contributed by atoms with E-state index in [1.165, 1.54) is 9.80 Å². The molecule has 2 amide bonds. The number of aromatic nitrogens is 1. The average Bonchev–Trinajstić information content (AvgIpc) is 2.72. The van der Waals surface area contributed by atoms with Crippen LogP contribution in [0.25, 0.3) is 0 Å². The van der Waals surface area contributed by atoms with E-state index >= 15 is 0 Å². The Labute approximate surface area is 179 Å². The number of rotatable bonds is 3. The number of nitrogens with zero attached hydrogens (tertiary/aromatic N) is 4. The zero-order valence-electron chi connectivity index (χ0n) is 15.8. The van der Waals surface area contributed by atoms with Crippen LogP contribution in [0.15, 0.2) is 30.3 Å². The summed E-state index contributed by atoms with van der Waals surface area (Å²) in [5, 5.41) is 21.5. The predicted octanol–water partition coefficient (Wildman–Crippen LogP) is 3.68. The Morgan fingerprint density at radius 3 is 2.42 bits per heavy atom. The van der Waals surface area contributed by atoms with Crippen molar-refractivity contribution < 1.29 is 27.9 Å². The summed E-state index contributed by atoms with van der Waals surface area (Å²) >= 11 is 5.88. The molecule has 12 heteroatoms. The Morgan fingerprint density at radius 1 is 1.19 bits per heavy atom. The summed E-state index contributed by atoms with van der Waals surface area (Å²) < 4.78 is 39.9. The minimum atomic E-state index is -5.00. The normalized spacial score (nSPS) is 14.2. The van der Waals surface area contributed by atoms with Crippen LogP contribution >= 0.6 is 11.6 Å². The van der Waals surface area contributed by atoms with Crippen LogP contribution in [0.5, 0.6) is 0 Å². The van der Waals surface area contributed by atoms with Gasteiger partial charge in [0.1, 0.15) is 11.9 Å². The number of pyridine rings is 1. The van der Waals surface area contributed by atoms with Crippen molar-refractivity contribution in [1.82, 2.24) is 9.88 Å². The monoisotopic (exact) mass is 453 g/mol. The maximum Gasteiger partial charge on any atom is 0.434 e. The smallest absolute Gasteiger partial charge is 0.434 e.